The van der Waals surface area contributed by atoms with Crippen molar-refractivity contribution in [2.24, 2.45) is 5.92 Å². The lowest BCUT2D eigenvalue weighted by molar-refractivity contribution is 0.263. The molecule has 1 aliphatic rings. The van der Waals surface area contributed by atoms with Crippen LogP contribution in [0.25, 0.3) is 0 Å². The number of aryl methyl sites for hydroxylation is 1. The molecule has 0 bridgehead atoms. The number of aliphatic hydroxyl groups is 1. The zero-order chi connectivity index (χ0) is 14.4. The highest BCUT2D eigenvalue weighted by atomic mass is 16.3. The van der Waals surface area contributed by atoms with Crippen LogP contribution in [0, 0.1) is 12.8 Å². The molecule has 1 aromatic rings. The first-order chi connectivity index (χ1) is 9.74. The van der Waals surface area contributed by atoms with Crippen LogP contribution in [0.5, 0.6) is 0 Å². The van der Waals surface area contributed by atoms with Crippen LogP contribution in [0.3, 0.4) is 0 Å². The van der Waals surface area contributed by atoms with Crippen LogP contribution >= 0.6 is 0 Å². The normalized spacial score (nSPS) is 18.8. The molecular weight excluding hydrogens is 248 g/mol. The highest BCUT2D eigenvalue weighted by molar-refractivity contribution is 5.55. The highest BCUT2D eigenvalue weighted by Gasteiger charge is 2.23. The van der Waals surface area contributed by atoms with Crippen LogP contribution in [0.2, 0.25) is 0 Å². The molecule has 0 radical (unpaired) electrons. The predicted octanol–water partition coefficient (Wildman–Crippen LogP) is 2.70. The number of nitrogens with one attached hydrogen (secondary N) is 1. The third-order valence-electron chi connectivity index (χ3n) is 4.14. The summed E-state index contributed by atoms with van der Waals surface area (Å²) in [6, 6.07) is 6.77. The van der Waals surface area contributed by atoms with Crippen LogP contribution < -0.4 is 10.2 Å². The fourth-order valence-electron chi connectivity index (χ4n) is 3.03. The van der Waals surface area contributed by atoms with E-state index in [0.29, 0.717) is 12.5 Å². The summed E-state index contributed by atoms with van der Waals surface area (Å²) in [5, 5.41) is 12.6. The second-order valence-electron chi connectivity index (χ2n) is 5.92. The van der Waals surface area contributed by atoms with E-state index in [0.717, 1.165) is 32.6 Å². The molecule has 0 aliphatic carbocycles. The Morgan fingerprint density at radius 3 is 3.00 bits per heavy atom. The number of rotatable bonds is 7. The average molecular weight is 276 g/mol. The molecule has 2 N–H and O–H groups in total. The Kier molecular flexibility index (Phi) is 5.86. The second-order valence-corrected chi connectivity index (χ2v) is 5.92. The van der Waals surface area contributed by atoms with E-state index >= 15 is 0 Å². The molecule has 1 heterocycles. The first-order valence-corrected chi connectivity index (χ1v) is 7.90. The molecule has 20 heavy (non-hydrogen) atoms. The van der Waals surface area contributed by atoms with E-state index in [1.165, 1.54) is 29.7 Å². The van der Waals surface area contributed by atoms with Gasteiger partial charge in [-0.1, -0.05) is 24.6 Å². The largest absolute Gasteiger partial charge is 0.396 e. The van der Waals surface area contributed by atoms with Crippen LogP contribution in [0.1, 0.15) is 37.3 Å². The first-order valence-electron chi connectivity index (χ1n) is 7.90. The molecule has 0 amide bonds. The van der Waals surface area contributed by atoms with Crippen molar-refractivity contribution in [3.8, 4) is 0 Å². The highest BCUT2D eigenvalue weighted by Crippen LogP contribution is 2.29. The van der Waals surface area contributed by atoms with Gasteiger partial charge in [0.25, 0.3) is 0 Å². The van der Waals surface area contributed by atoms with Crippen molar-refractivity contribution < 1.29 is 5.11 Å². The molecule has 1 aromatic carbocycles. The van der Waals surface area contributed by atoms with Crippen LogP contribution in [0.15, 0.2) is 18.2 Å². The van der Waals surface area contributed by atoms with Gasteiger partial charge in [-0.2, -0.15) is 0 Å². The maximum absolute atomic E-state index is 9.09. The summed E-state index contributed by atoms with van der Waals surface area (Å²) in [5.74, 6) is 0.651. The van der Waals surface area contributed by atoms with Gasteiger partial charge in [0.1, 0.15) is 0 Å². The average Bonchev–Trinajstić information content (AvgIpc) is 2.88. The minimum absolute atomic E-state index is 0.317. The van der Waals surface area contributed by atoms with E-state index in [9.17, 15) is 0 Å². The lowest BCUT2D eigenvalue weighted by atomic mass is 10.1. The van der Waals surface area contributed by atoms with Gasteiger partial charge in [0, 0.05) is 31.9 Å². The smallest absolute Gasteiger partial charge is 0.0434 e. The Labute approximate surface area is 123 Å². The molecule has 0 spiro atoms. The number of aliphatic hydroxyl groups excluding tert-OH is 1. The lowest BCUT2D eigenvalue weighted by Gasteiger charge is -2.23. The van der Waals surface area contributed by atoms with Crippen molar-refractivity contribution in [2.45, 2.75) is 39.7 Å². The van der Waals surface area contributed by atoms with E-state index in [1.807, 2.05) is 0 Å². The summed E-state index contributed by atoms with van der Waals surface area (Å²) in [6.07, 6.45) is 3.31. The SMILES string of the molecule is CCCNCc1cc(C)ccc1N1CCC(CCO)C1. The number of hydrogen-bond acceptors (Lipinski definition) is 3. The third-order valence-corrected chi connectivity index (χ3v) is 4.14. The van der Waals surface area contributed by atoms with Crippen molar-refractivity contribution in [1.82, 2.24) is 5.32 Å². The summed E-state index contributed by atoms with van der Waals surface area (Å²) in [7, 11) is 0. The zero-order valence-electron chi connectivity index (χ0n) is 12.9. The van der Waals surface area contributed by atoms with Crippen LogP contribution in [-0.4, -0.2) is 31.3 Å². The Morgan fingerprint density at radius 1 is 1.40 bits per heavy atom. The zero-order valence-corrected chi connectivity index (χ0v) is 12.9. The van der Waals surface area contributed by atoms with Gasteiger partial charge in [-0.3, -0.25) is 0 Å². The molecule has 0 aromatic heterocycles. The molecule has 1 aliphatic heterocycles. The molecule has 1 atom stereocenters. The summed E-state index contributed by atoms with van der Waals surface area (Å²) < 4.78 is 0. The fourth-order valence-corrected chi connectivity index (χ4v) is 3.03. The van der Waals surface area contributed by atoms with E-state index in [2.05, 4.69) is 42.3 Å². The number of benzene rings is 1. The number of anilines is 1. The number of hydrogen-bond donors (Lipinski definition) is 2. The summed E-state index contributed by atoms with van der Waals surface area (Å²) >= 11 is 0. The van der Waals surface area contributed by atoms with Gasteiger partial charge in [-0.05, 0) is 50.3 Å². The van der Waals surface area contributed by atoms with Gasteiger partial charge in [0.2, 0.25) is 0 Å². The maximum Gasteiger partial charge on any atom is 0.0434 e. The minimum atomic E-state index is 0.317. The quantitative estimate of drug-likeness (QED) is 0.752. The summed E-state index contributed by atoms with van der Waals surface area (Å²) in [5.41, 5.74) is 4.11. The van der Waals surface area contributed by atoms with Gasteiger partial charge >= 0.3 is 0 Å². The fraction of sp³-hybridized carbons (Fsp3) is 0.647. The van der Waals surface area contributed by atoms with Crippen LogP contribution in [0.4, 0.5) is 5.69 Å². The molecule has 1 saturated heterocycles. The van der Waals surface area contributed by atoms with E-state index < -0.39 is 0 Å². The molecule has 1 unspecified atom stereocenters. The van der Waals surface area contributed by atoms with Gasteiger partial charge in [0.05, 0.1) is 0 Å². The molecule has 3 nitrogen and oxygen atoms in total. The third kappa shape index (κ3) is 3.97. The molecule has 2 rings (SSSR count). The number of nitrogens with zero attached hydrogens (tertiary/aromatic N) is 1. The molecule has 1 fully saturated rings. The molecule has 3 heteroatoms. The lowest BCUT2D eigenvalue weighted by Crippen LogP contribution is -2.23. The topological polar surface area (TPSA) is 35.5 Å². The van der Waals surface area contributed by atoms with Crippen molar-refractivity contribution in [3.05, 3.63) is 29.3 Å². The molecule has 0 saturated carbocycles. The minimum Gasteiger partial charge on any atom is -0.396 e. The van der Waals surface area contributed by atoms with E-state index in [1.54, 1.807) is 0 Å². The van der Waals surface area contributed by atoms with Gasteiger partial charge < -0.3 is 15.3 Å². The van der Waals surface area contributed by atoms with Gasteiger partial charge in [-0.25, -0.2) is 0 Å². The predicted molar refractivity (Wildman–Crippen MR) is 85.2 cm³/mol. The summed E-state index contributed by atoms with van der Waals surface area (Å²) in [6.45, 7) is 8.90. The monoisotopic (exact) mass is 276 g/mol. The molecule has 112 valence electrons. The first kappa shape index (κ1) is 15.3. The Hall–Kier alpha value is -1.06. The Morgan fingerprint density at radius 2 is 2.25 bits per heavy atom. The second kappa shape index (κ2) is 7.65. The van der Waals surface area contributed by atoms with Gasteiger partial charge in [0.15, 0.2) is 0 Å². The molecular formula is C17H28N2O. The summed E-state index contributed by atoms with van der Waals surface area (Å²) in [4.78, 5) is 2.49. The maximum atomic E-state index is 9.09. The van der Waals surface area contributed by atoms with E-state index in [4.69, 9.17) is 5.11 Å². The van der Waals surface area contributed by atoms with E-state index in [-0.39, 0.29) is 0 Å². The Bertz CT molecular complexity index is 419. The Balaban J connectivity index is 2.06. The standard InChI is InChI=1S/C17H28N2O/c1-3-8-18-12-16-11-14(2)4-5-17(16)19-9-6-15(13-19)7-10-20/h4-5,11,15,18,20H,3,6-10,12-13H2,1-2H3. The van der Waals surface area contributed by atoms with Crippen molar-refractivity contribution in [3.63, 3.8) is 0 Å². The van der Waals surface area contributed by atoms with Crippen molar-refractivity contribution >= 4 is 5.69 Å². The van der Waals surface area contributed by atoms with Crippen LogP contribution in [-0.2, 0) is 6.54 Å². The van der Waals surface area contributed by atoms with Crippen molar-refractivity contribution in [2.75, 3.05) is 31.1 Å². The van der Waals surface area contributed by atoms with Gasteiger partial charge in [-0.15, -0.1) is 0 Å². The van der Waals surface area contributed by atoms with Crippen molar-refractivity contribution in [1.29, 1.82) is 0 Å².